The van der Waals surface area contributed by atoms with Crippen molar-refractivity contribution in [1.82, 2.24) is 10.3 Å². The smallest absolute Gasteiger partial charge is 0.417 e. The summed E-state index contributed by atoms with van der Waals surface area (Å²) in [4.78, 5) is 28.1. The van der Waals surface area contributed by atoms with Crippen LogP contribution in [0.2, 0.25) is 0 Å². The van der Waals surface area contributed by atoms with Gasteiger partial charge in [-0.2, -0.15) is 13.2 Å². The molecule has 2 rings (SSSR count). The molecule has 0 saturated heterocycles. The second-order valence-electron chi connectivity index (χ2n) is 4.73. The molecule has 5 nitrogen and oxygen atoms in total. The number of aromatic nitrogens is 1. The fraction of sp³-hybridized carbons (Fsp3) is 0.188. The minimum Gasteiger partial charge on any atom is -0.467 e. The van der Waals surface area contributed by atoms with Crippen LogP contribution in [0, 0.1) is 0 Å². The number of ether oxygens (including phenoxy) is 1. The molecule has 0 radical (unpaired) electrons. The molecule has 0 bridgehead atoms. The average Bonchev–Trinajstić information content (AvgIpc) is 2.58. The van der Waals surface area contributed by atoms with Crippen LogP contribution in [-0.2, 0) is 15.7 Å². The van der Waals surface area contributed by atoms with Crippen LogP contribution in [0.5, 0.6) is 0 Å². The maximum Gasteiger partial charge on any atom is 0.417 e. The van der Waals surface area contributed by atoms with Crippen molar-refractivity contribution < 1.29 is 27.5 Å². The third-order valence-electron chi connectivity index (χ3n) is 3.17. The molecule has 8 heteroatoms. The van der Waals surface area contributed by atoms with Crippen molar-refractivity contribution in [1.29, 1.82) is 0 Å². The summed E-state index contributed by atoms with van der Waals surface area (Å²) in [6.45, 7) is 0. The maximum absolute atomic E-state index is 13.0. The number of pyridine rings is 1. The lowest BCUT2D eigenvalue weighted by Crippen LogP contribution is -2.36. The van der Waals surface area contributed by atoms with E-state index in [2.05, 4.69) is 15.0 Å². The van der Waals surface area contributed by atoms with Crippen LogP contribution < -0.4 is 5.32 Å². The number of carbonyl (C=O) groups excluding carboxylic acids is 2. The SMILES string of the molecule is COC(=O)C(NC(=O)c1ccccc1C(F)(F)F)c1ccccn1. The Morgan fingerprint density at radius 2 is 1.79 bits per heavy atom. The second-order valence-corrected chi connectivity index (χ2v) is 4.73. The Labute approximate surface area is 135 Å². The highest BCUT2D eigenvalue weighted by atomic mass is 19.4. The number of halogens is 3. The largest absolute Gasteiger partial charge is 0.467 e. The van der Waals surface area contributed by atoms with Crippen LogP contribution in [0.25, 0.3) is 0 Å². The summed E-state index contributed by atoms with van der Waals surface area (Å²) in [6, 6.07) is 7.62. The minimum atomic E-state index is -4.69. The van der Waals surface area contributed by atoms with Crippen molar-refractivity contribution in [3.8, 4) is 0 Å². The molecule has 1 heterocycles. The zero-order valence-electron chi connectivity index (χ0n) is 12.5. The standard InChI is InChI=1S/C16H13F3N2O3/c1-24-15(23)13(12-8-4-5-9-20-12)21-14(22)10-6-2-3-7-11(10)16(17,18)19/h2-9,13H,1H3,(H,21,22). The molecule has 1 unspecified atom stereocenters. The zero-order chi connectivity index (χ0) is 17.7. The van der Waals surface area contributed by atoms with E-state index < -0.39 is 35.2 Å². The van der Waals surface area contributed by atoms with Crippen molar-refractivity contribution in [3.05, 3.63) is 65.5 Å². The van der Waals surface area contributed by atoms with Crippen LogP contribution in [0.1, 0.15) is 27.7 Å². The van der Waals surface area contributed by atoms with Gasteiger partial charge in [-0.25, -0.2) is 4.79 Å². The summed E-state index contributed by atoms with van der Waals surface area (Å²) in [5.74, 6) is -1.89. The summed E-state index contributed by atoms with van der Waals surface area (Å²) < 4.78 is 43.6. The molecule has 0 fully saturated rings. The second kappa shape index (κ2) is 7.12. The van der Waals surface area contributed by atoms with Crippen LogP contribution in [0.4, 0.5) is 13.2 Å². The van der Waals surface area contributed by atoms with E-state index in [0.717, 1.165) is 19.2 Å². The highest BCUT2D eigenvalue weighted by Gasteiger charge is 2.36. The molecule has 126 valence electrons. The van der Waals surface area contributed by atoms with Crippen molar-refractivity contribution in [2.75, 3.05) is 7.11 Å². The Kier molecular flexibility index (Phi) is 5.18. The Morgan fingerprint density at radius 1 is 1.12 bits per heavy atom. The number of hydrogen-bond acceptors (Lipinski definition) is 4. The lowest BCUT2D eigenvalue weighted by Gasteiger charge is -2.18. The van der Waals surface area contributed by atoms with E-state index >= 15 is 0 Å². The third-order valence-corrected chi connectivity index (χ3v) is 3.17. The van der Waals surface area contributed by atoms with Gasteiger partial charge in [0.25, 0.3) is 5.91 Å². The molecule has 1 aromatic heterocycles. The average molecular weight is 338 g/mol. The topological polar surface area (TPSA) is 68.3 Å². The first-order chi connectivity index (χ1) is 11.3. The Hall–Kier alpha value is -2.90. The predicted octanol–water partition coefficient (Wildman–Crippen LogP) is 2.74. The van der Waals surface area contributed by atoms with E-state index in [1.54, 1.807) is 12.1 Å². The molecule has 1 N–H and O–H groups in total. The predicted molar refractivity (Wildman–Crippen MR) is 77.9 cm³/mol. The van der Waals surface area contributed by atoms with E-state index in [0.29, 0.717) is 0 Å². The Balaban J connectivity index is 2.35. The van der Waals surface area contributed by atoms with E-state index in [-0.39, 0.29) is 5.69 Å². The van der Waals surface area contributed by atoms with Gasteiger partial charge in [0.1, 0.15) is 0 Å². The number of methoxy groups -OCH3 is 1. The van der Waals surface area contributed by atoms with E-state index in [1.807, 2.05) is 0 Å². The summed E-state index contributed by atoms with van der Waals surface area (Å²) >= 11 is 0. The van der Waals surface area contributed by atoms with Gasteiger partial charge < -0.3 is 10.1 Å². The van der Waals surface area contributed by atoms with Gasteiger partial charge in [-0.05, 0) is 24.3 Å². The number of esters is 1. The molecule has 0 aliphatic heterocycles. The number of amides is 1. The number of nitrogens with zero attached hydrogens (tertiary/aromatic N) is 1. The van der Waals surface area contributed by atoms with Gasteiger partial charge in [-0.1, -0.05) is 18.2 Å². The molecule has 0 spiro atoms. The lowest BCUT2D eigenvalue weighted by atomic mass is 10.1. The summed E-state index contributed by atoms with van der Waals surface area (Å²) in [5, 5.41) is 2.24. The molecule has 2 aromatic rings. The highest BCUT2D eigenvalue weighted by Crippen LogP contribution is 2.32. The molecule has 0 aliphatic rings. The first kappa shape index (κ1) is 17.5. The molecule has 0 aliphatic carbocycles. The van der Waals surface area contributed by atoms with Crippen molar-refractivity contribution in [2.24, 2.45) is 0 Å². The molecule has 1 atom stereocenters. The fourth-order valence-electron chi connectivity index (χ4n) is 2.06. The molecule has 0 saturated carbocycles. The Morgan fingerprint density at radius 3 is 2.38 bits per heavy atom. The van der Waals surface area contributed by atoms with Crippen molar-refractivity contribution in [2.45, 2.75) is 12.2 Å². The third kappa shape index (κ3) is 3.89. The maximum atomic E-state index is 13.0. The van der Waals surface area contributed by atoms with Gasteiger partial charge in [0.05, 0.1) is 23.9 Å². The van der Waals surface area contributed by atoms with Gasteiger partial charge in [0.2, 0.25) is 0 Å². The number of hydrogen-bond donors (Lipinski definition) is 1. The zero-order valence-corrected chi connectivity index (χ0v) is 12.5. The number of benzene rings is 1. The minimum absolute atomic E-state index is 0.155. The number of nitrogens with one attached hydrogen (secondary N) is 1. The number of alkyl halides is 3. The first-order valence-electron chi connectivity index (χ1n) is 6.80. The number of rotatable bonds is 4. The summed E-state index contributed by atoms with van der Waals surface area (Å²) in [6.07, 6.45) is -3.30. The lowest BCUT2D eigenvalue weighted by molar-refractivity contribution is -0.143. The normalized spacial score (nSPS) is 12.3. The van der Waals surface area contributed by atoms with Crippen molar-refractivity contribution >= 4 is 11.9 Å². The van der Waals surface area contributed by atoms with Crippen LogP contribution in [0.3, 0.4) is 0 Å². The van der Waals surface area contributed by atoms with Gasteiger partial charge in [0, 0.05) is 6.20 Å². The summed E-state index contributed by atoms with van der Waals surface area (Å²) in [5.41, 5.74) is -1.52. The molecule has 1 aromatic carbocycles. The fourth-order valence-corrected chi connectivity index (χ4v) is 2.06. The Bertz CT molecular complexity index is 733. The number of carbonyl (C=O) groups is 2. The molecular formula is C16H13F3N2O3. The quantitative estimate of drug-likeness (QED) is 0.871. The van der Waals surface area contributed by atoms with Crippen molar-refractivity contribution in [3.63, 3.8) is 0 Å². The van der Waals surface area contributed by atoms with Crippen LogP contribution >= 0.6 is 0 Å². The van der Waals surface area contributed by atoms with Crippen LogP contribution in [-0.4, -0.2) is 24.0 Å². The first-order valence-corrected chi connectivity index (χ1v) is 6.80. The highest BCUT2D eigenvalue weighted by molar-refractivity contribution is 5.98. The molecule has 24 heavy (non-hydrogen) atoms. The molecular weight excluding hydrogens is 325 g/mol. The summed E-state index contributed by atoms with van der Waals surface area (Å²) in [7, 11) is 1.11. The van der Waals surface area contributed by atoms with Crippen LogP contribution in [0.15, 0.2) is 48.7 Å². The van der Waals surface area contributed by atoms with Gasteiger partial charge in [-0.15, -0.1) is 0 Å². The van der Waals surface area contributed by atoms with E-state index in [1.165, 1.54) is 24.4 Å². The monoisotopic (exact) mass is 338 g/mol. The van der Waals surface area contributed by atoms with Gasteiger partial charge >= 0.3 is 12.1 Å². The van der Waals surface area contributed by atoms with Gasteiger partial charge in [-0.3, -0.25) is 9.78 Å². The van der Waals surface area contributed by atoms with E-state index in [9.17, 15) is 22.8 Å². The van der Waals surface area contributed by atoms with E-state index in [4.69, 9.17) is 0 Å². The molecule has 1 amide bonds. The van der Waals surface area contributed by atoms with Gasteiger partial charge in [0.15, 0.2) is 6.04 Å².